The molecule has 2 saturated heterocycles. The second-order valence-electron chi connectivity index (χ2n) is 10.2. The first-order valence-corrected chi connectivity index (χ1v) is 12.8. The van der Waals surface area contributed by atoms with Crippen molar-refractivity contribution in [3.8, 4) is 6.07 Å². The summed E-state index contributed by atoms with van der Waals surface area (Å²) in [6.45, 7) is 4.23. The van der Waals surface area contributed by atoms with E-state index < -0.39 is 0 Å². The molecule has 0 unspecified atom stereocenters. The monoisotopic (exact) mass is 499 g/mol. The standard InChI is InChI=1S/C26H29N9O2/c27-10-5-21(36)34-13-15-35(16-14-34)25-30-20-17-28-32-24(37)22(20)23(31-25)29-18-1-3-19(4-2-18)33-11-8-26(6-7-26)9-12-33/h1-4,17H,5-9,11-16H2,(H,32,37)(H,29,30,31). The van der Waals surface area contributed by atoms with Crippen LogP contribution in [0.5, 0.6) is 0 Å². The highest BCUT2D eigenvalue weighted by atomic mass is 16.2. The van der Waals surface area contributed by atoms with Gasteiger partial charge in [-0.15, -0.1) is 0 Å². The van der Waals surface area contributed by atoms with Gasteiger partial charge >= 0.3 is 0 Å². The number of nitriles is 1. The SMILES string of the molecule is N#CCC(=O)N1CCN(c2nc(Nc3ccc(N4CCC5(CC4)CC5)cc3)c3c(=O)[nH]ncc3n2)CC1. The number of nitrogens with one attached hydrogen (secondary N) is 2. The summed E-state index contributed by atoms with van der Waals surface area (Å²) < 4.78 is 0. The Labute approximate surface area is 214 Å². The molecule has 1 aromatic carbocycles. The van der Waals surface area contributed by atoms with Crippen LogP contribution in [0.15, 0.2) is 35.3 Å². The summed E-state index contributed by atoms with van der Waals surface area (Å²) in [5.74, 6) is 0.710. The molecular weight excluding hydrogens is 470 g/mol. The number of hydrogen-bond donors (Lipinski definition) is 2. The minimum atomic E-state index is -0.364. The molecule has 37 heavy (non-hydrogen) atoms. The maximum absolute atomic E-state index is 12.6. The van der Waals surface area contributed by atoms with Gasteiger partial charge in [-0.3, -0.25) is 9.59 Å². The molecule has 0 radical (unpaired) electrons. The smallest absolute Gasteiger partial charge is 0.277 e. The zero-order valence-electron chi connectivity index (χ0n) is 20.6. The number of H-pyrrole nitrogens is 1. The van der Waals surface area contributed by atoms with Gasteiger partial charge in [0.2, 0.25) is 11.9 Å². The van der Waals surface area contributed by atoms with Crippen LogP contribution < -0.4 is 20.7 Å². The molecule has 3 aliphatic rings. The van der Waals surface area contributed by atoms with Crippen molar-refractivity contribution in [3.63, 3.8) is 0 Å². The predicted molar refractivity (Wildman–Crippen MR) is 140 cm³/mol. The molecule has 0 bridgehead atoms. The molecule has 2 aliphatic heterocycles. The topological polar surface area (TPSA) is 134 Å². The number of nitrogens with zero attached hydrogens (tertiary/aromatic N) is 7. The lowest BCUT2D eigenvalue weighted by Crippen LogP contribution is -2.49. The lowest BCUT2D eigenvalue weighted by Gasteiger charge is -2.34. The van der Waals surface area contributed by atoms with Gasteiger partial charge in [-0.2, -0.15) is 15.3 Å². The average Bonchev–Trinajstić information content (AvgIpc) is 3.68. The molecule has 190 valence electrons. The third-order valence-electron chi connectivity index (χ3n) is 7.93. The third kappa shape index (κ3) is 4.67. The fourth-order valence-electron chi connectivity index (χ4n) is 5.37. The largest absolute Gasteiger partial charge is 0.371 e. The summed E-state index contributed by atoms with van der Waals surface area (Å²) in [6.07, 6.45) is 6.74. The number of piperazine rings is 1. The molecular formula is C26H29N9O2. The van der Waals surface area contributed by atoms with Gasteiger partial charge in [-0.25, -0.2) is 10.1 Å². The molecule has 4 heterocycles. The van der Waals surface area contributed by atoms with E-state index in [2.05, 4.69) is 37.5 Å². The number of benzene rings is 1. The van der Waals surface area contributed by atoms with Gasteiger partial charge in [-0.05, 0) is 55.4 Å². The zero-order valence-corrected chi connectivity index (χ0v) is 20.6. The number of hydrogen-bond acceptors (Lipinski definition) is 9. The molecule has 1 amide bonds. The van der Waals surface area contributed by atoms with Crippen molar-refractivity contribution < 1.29 is 4.79 Å². The minimum Gasteiger partial charge on any atom is -0.371 e. The van der Waals surface area contributed by atoms with Crippen LogP contribution in [0.2, 0.25) is 0 Å². The van der Waals surface area contributed by atoms with Crippen LogP contribution in [0.1, 0.15) is 32.1 Å². The quantitative estimate of drug-likeness (QED) is 0.543. The average molecular weight is 500 g/mol. The summed E-state index contributed by atoms with van der Waals surface area (Å²) in [5, 5.41) is 18.9. The molecule has 11 heteroatoms. The number of rotatable bonds is 5. The first-order valence-electron chi connectivity index (χ1n) is 12.8. The fourth-order valence-corrected chi connectivity index (χ4v) is 5.37. The van der Waals surface area contributed by atoms with E-state index in [0.717, 1.165) is 18.8 Å². The number of aromatic amines is 1. The van der Waals surface area contributed by atoms with Gasteiger partial charge < -0.3 is 20.0 Å². The molecule has 6 rings (SSSR count). The van der Waals surface area contributed by atoms with Gasteiger partial charge in [0, 0.05) is 50.6 Å². The number of carbonyl (C=O) groups is 1. The van der Waals surface area contributed by atoms with E-state index in [9.17, 15) is 9.59 Å². The van der Waals surface area contributed by atoms with Crippen LogP contribution in [0.4, 0.5) is 23.1 Å². The third-order valence-corrected chi connectivity index (χ3v) is 7.93. The van der Waals surface area contributed by atoms with Gasteiger partial charge in [0.25, 0.3) is 5.56 Å². The Morgan fingerprint density at radius 1 is 1.00 bits per heavy atom. The normalized spacial score (nSPS) is 18.6. The highest BCUT2D eigenvalue weighted by Crippen LogP contribution is 2.53. The van der Waals surface area contributed by atoms with Gasteiger partial charge in [0.15, 0.2) is 0 Å². The van der Waals surface area contributed by atoms with Gasteiger partial charge in [0.1, 0.15) is 23.1 Å². The van der Waals surface area contributed by atoms with E-state index in [0.29, 0.717) is 54.3 Å². The molecule has 2 N–H and O–H groups in total. The van der Waals surface area contributed by atoms with Crippen LogP contribution in [0, 0.1) is 16.7 Å². The van der Waals surface area contributed by atoms with E-state index in [-0.39, 0.29) is 17.9 Å². The molecule has 3 aromatic rings. The second kappa shape index (κ2) is 9.35. The van der Waals surface area contributed by atoms with E-state index in [4.69, 9.17) is 10.2 Å². The number of anilines is 4. The predicted octanol–water partition coefficient (Wildman–Crippen LogP) is 2.40. The first kappa shape index (κ1) is 23.2. The Morgan fingerprint density at radius 3 is 2.41 bits per heavy atom. The maximum Gasteiger partial charge on any atom is 0.277 e. The van der Waals surface area contributed by atoms with Crippen LogP contribution in [0.25, 0.3) is 10.9 Å². The number of carbonyl (C=O) groups excluding carboxylic acids is 1. The van der Waals surface area contributed by atoms with E-state index >= 15 is 0 Å². The van der Waals surface area contributed by atoms with Crippen molar-refractivity contribution in [2.75, 3.05) is 54.4 Å². The van der Waals surface area contributed by atoms with Gasteiger partial charge in [0.05, 0.1) is 12.3 Å². The Hall–Kier alpha value is -4.20. The summed E-state index contributed by atoms with van der Waals surface area (Å²) >= 11 is 0. The summed E-state index contributed by atoms with van der Waals surface area (Å²) in [5.41, 5.74) is 2.76. The van der Waals surface area contributed by atoms with E-state index in [1.54, 1.807) is 4.90 Å². The Morgan fingerprint density at radius 2 is 1.73 bits per heavy atom. The molecule has 3 fully saturated rings. The van der Waals surface area contributed by atoms with Crippen LogP contribution in [-0.4, -0.2) is 70.2 Å². The lowest BCUT2D eigenvalue weighted by molar-refractivity contribution is -0.130. The highest BCUT2D eigenvalue weighted by molar-refractivity contribution is 5.90. The Balaban J connectivity index is 1.22. The highest BCUT2D eigenvalue weighted by Gasteiger charge is 2.44. The number of fused-ring (bicyclic) bond motifs is 1. The van der Waals surface area contributed by atoms with Gasteiger partial charge in [-0.1, -0.05) is 0 Å². The molecule has 1 aliphatic carbocycles. The summed E-state index contributed by atoms with van der Waals surface area (Å²) in [7, 11) is 0. The van der Waals surface area contributed by atoms with Crippen molar-refractivity contribution in [3.05, 3.63) is 40.8 Å². The van der Waals surface area contributed by atoms with Crippen molar-refractivity contribution >= 4 is 40.0 Å². The lowest BCUT2D eigenvalue weighted by atomic mass is 9.93. The van der Waals surface area contributed by atoms with Crippen molar-refractivity contribution in [2.24, 2.45) is 5.41 Å². The maximum atomic E-state index is 12.6. The summed E-state index contributed by atoms with van der Waals surface area (Å²) in [6, 6.07) is 10.2. The van der Waals surface area contributed by atoms with E-state index in [1.165, 1.54) is 37.6 Å². The Kier molecular flexibility index (Phi) is 5.87. The van der Waals surface area contributed by atoms with Crippen molar-refractivity contribution in [1.29, 1.82) is 5.26 Å². The number of piperidine rings is 1. The van der Waals surface area contributed by atoms with Crippen LogP contribution >= 0.6 is 0 Å². The zero-order chi connectivity index (χ0) is 25.4. The molecule has 2 aromatic heterocycles. The number of aromatic nitrogens is 4. The minimum absolute atomic E-state index is 0.119. The molecule has 1 saturated carbocycles. The molecule has 0 atom stereocenters. The fraction of sp³-hybridized carbons (Fsp3) is 0.462. The first-order chi connectivity index (χ1) is 18.0. The Bertz CT molecular complexity index is 1410. The van der Waals surface area contributed by atoms with E-state index in [1.807, 2.05) is 23.1 Å². The van der Waals surface area contributed by atoms with Crippen LogP contribution in [-0.2, 0) is 4.79 Å². The summed E-state index contributed by atoms with van der Waals surface area (Å²) in [4.78, 5) is 40.1. The van der Waals surface area contributed by atoms with Crippen molar-refractivity contribution in [2.45, 2.75) is 32.1 Å². The second-order valence-corrected chi connectivity index (χ2v) is 10.2. The van der Waals surface area contributed by atoms with Crippen LogP contribution in [0.3, 0.4) is 0 Å². The molecule has 1 spiro atoms. The molecule has 11 nitrogen and oxygen atoms in total. The van der Waals surface area contributed by atoms with Crippen molar-refractivity contribution in [1.82, 2.24) is 25.1 Å². The number of amides is 1.